The Labute approximate surface area is 82.4 Å². The van der Waals surface area contributed by atoms with Gasteiger partial charge < -0.3 is 5.43 Å². The lowest BCUT2D eigenvalue weighted by molar-refractivity contribution is 1.30. The number of nitrogen functional groups attached to an aromatic ring is 1. The number of nitrogens with two attached hydrogens (primary N) is 1. The summed E-state index contributed by atoms with van der Waals surface area (Å²) >= 11 is 6.74. The Balaban J connectivity index is 3.06. The molecule has 0 heterocycles. The fourth-order valence-corrected chi connectivity index (χ4v) is 1.69. The third kappa shape index (κ3) is 2.18. The highest BCUT2D eigenvalue weighted by Crippen LogP contribution is 2.21. The van der Waals surface area contributed by atoms with Crippen molar-refractivity contribution in [3.63, 3.8) is 0 Å². The van der Waals surface area contributed by atoms with Crippen molar-refractivity contribution in [2.45, 2.75) is 5.33 Å². The van der Waals surface area contributed by atoms with E-state index < -0.39 is 0 Å². The zero-order valence-corrected chi connectivity index (χ0v) is 8.94. The molecule has 0 saturated heterocycles. The minimum atomic E-state index is 0.798. The molecule has 0 aromatic heterocycles. The lowest BCUT2D eigenvalue weighted by Gasteiger charge is -2.05. The van der Waals surface area contributed by atoms with E-state index in [-0.39, 0.29) is 0 Å². The molecule has 0 saturated carbocycles. The summed E-state index contributed by atoms with van der Waals surface area (Å²) in [4.78, 5) is 0. The highest BCUT2D eigenvalue weighted by molar-refractivity contribution is 9.10. The molecule has 4 heteroatoms. The van der Waals surface area contributed by atoms with Gasteiger partial charge in [0.2, 0.25) is 0 Å². The van der Waals surface area contributed by atoms with Gasteiger partial charge in [0.05, 0.1) is 5.69 Å². The largest absolute Gasteiger partial charge is 0.324 e. The van der Waals surface area contributed by atoms with Gasteiger partial charge in [-0.05, 0) is 23.8 Å². The Kier molecular flexibility index (Phi) is 3.36. The van der Waals surface area contributed by atoms with E-state index >= 15 is 0 Å². The van der Waals surface area contributed by atoms with Crippen LogP contribution in [-0.4, -0.2) is 0 Å². The van der Waals surface area contributed by atoms with Gasteiger partial charge in [0.25, 0.3) is 0 Å². The van der Waals surface area contributed by atoms with Crippen LogP contribution in [0.1, 0.15) is 5.56 Å². The van der Waals surface area contributed by atoms with Gasteiger partial charge in [-0.2, -0.15) is 0 Å². The van der Waals surface area contributed by atoms with Crippen LogP contribution in [0.2, 0.25) is 0 Å². The van der Waals surface area contributed by atoms with Crippen molar-refractivity contribution in [1.29, 1.82) is 0 Å². The predicted octanol–water partition coefficient (Wildman–Crippen LogP) is 2.63. The number of nitrogens with one attached hydrogen (secondary N) is 1. The monoisotopic (exact) mass is 278 g/mol. The molecule has 0 aliphatic rings. The first kappa shape index (κ1) is 9.03. The number of anilines is 1. The van der Waals surface area contributed by atoms with Crippen LogP contribution in [0.25, 0.3) is 0 Å². The average molecular weight is 280 g/mol. The van der Waals surface area contributed by atoms with Gasteiger partial charge >= 0.3 is 0 Å². The summed E-state index contributed by atoms with van der Waals surface area (Å²) in [5, 5.41) is 0.798. The van der Waals surface area contributed by atoms with Crippen LogP contribution in [0.5, 0.6) is 0 Å². The fourth-order valence-electron chi connectivity index (χ4n) is 0.814. The Morgan fingerprint density at radius 3 is 2.73 bits per heavy atom. The minimum Gasteiger partial charge on any atom is -0.324 e. The summed E-state index contributed by atoms with van der Waals surface area (Å²) in [6, 6.07) is 5.89. The summed E-state index contributed by atoms with van der Waals surface area (Å²) in [5.74, 6) is 5.29. The quantitative estimate of drug-likeness (QED) is 0.496. The molecule has 0 aliphatic heterocycles. The van der Waals surface area contributed by atoms with Crippen molar-refractivity contribution in [2.24, 2.45) is 5.84 Å². The standard InChI is InChI=1S/C7H8Br2N2/c8-4-5-3-6(9)1-2-7(5)11-10/h1-3,11H,4,10H2. The molecule has 3 N–H and O–H groups in total. The predicted molar refractivity (Wildman–Crippen MR) is 54.6 cm³/mol. The van der Waals surface area contributed by atoms with Gasteiger partial charge in [0, 0.05) is 9.80 Å². The maximum absolute atomic E-state index is 5.29. The highest BCUT2D eigenvalue weighted by atomic mass is 79.9. The molecule has 1 aromatic rings. The second kappa shape index (κ2) is 4.09. The number of rotatable bonds is 2. The molecule has 1 aromatic carbocycles. The van der Waals surface area contributed by atoms with Gasteiger partial charge in [-0.15, -0.1) is 0 Å². The molecule has 0 radical (unpaired) electrons. The third-order valence-corrected chi connectivity index (χ3v) is 2.46. The van der Waals surface area contributed by atoms with Crippen LogP contribution >= 0.6 is 31.9 Å². The van der Waals surface area contributed by atoms with Crippen molar-refractivity contribution >= 4 is 37.5 Å². The first-order chi connectivity index (χ1) is 5.27. The fraction of sp³-hybridized carbons (Fsp3) is 0.143. The smallest absolute Gasteiger partial charge is 0.0526 e. The maximum atomic E-state index is 5.29. The number of hydrazine groups is 1. The van der Waals surface area contributed by atoms with Crippen molar-refractivity contribution in [3.8, 4) is 0 Å². The second-order valence-corrected chi connectivity index (χ2v) is 3.56. The van der Waals surface area contributed by atoms with Crippen LogP contribution in [0.4, 0.5) is 5.69 Å². The van der Waals surface area contributed by atoms with E-state index in [1.165, 1.54) is 0 Å². The van der Waals surface area contributed by atoms with E-state index in [1.807, 2.05) is 18.2 Å². The SMILES string of the molecule is NNc1ccc(Br)cc1CBr. The average Bonchev–Trinajstić information content (AvgIpc) is 2.04. The zero-order valence-electron chi connectivity index (χ0n) is 5.77. The topological polar surface area (TPSA) is 38.0 Å². The van der Waals surface area contributed by atoms with E-state index in [9.17, 15) is 0 Å². The van der Waals surface area contributed by atoms with E-state index in [2.05, 4.69) is 37.3 Å². The van der Waals surface area contributed by atoms with Gasteiger partial charge in [-0.1, -0.05) is 31.9 Å². The van der Waals surface area contributed by atoms with E-state index in [1.54, 1.807) is 0 Å². The Hall–Kier alpha value is -0.0600. The van der Waals surface area contributed by atoms with Gasteiger partial charge in [-0.3, -0.25) is 5.84 Å². The zero-order chi connectivity index (χ0) is 8.27. The number of alkyl halides is 1. The first-order valence-electron chi connectivity index (χ1n) is 3.09. The number of halogens is 2. The molecule has 60 valence electrons. The van der Waals surface area contributed by atoms with E-state index in [0.29, 0.717) is 0 Å². The van der Waals surface area contributed by atoms with Crippen molar-refractivity contribution in [1.82, 2.24) is 0 Å². The van der Waals surface area contributed by atoms with Crippen LogP contribution in [0.3, 0.4) is 0 Å². The molecule has 0 spiro atoms. The van der Waals surface area contributed by atoms with Gasteiger partial charge in [0.15, 0.2) is 0 Å². The summed E-state index contributed by atoms with van der Waals surface area (Å²) in [7, 11) is 0. The Morgan fingerprint density at radius 2 is 2.18 bits per heavy atom. The highest BCUT2D eigenvalue weighted by Gasteiger charge is 1.98. The minimum absolute atomic E-state index is 0.798. The van der Waals surface area contributed by atoms with Gasteiger partial charge in [-0.25, -0.2) is 0 Å². The molecule has 0 bridgehead atoms. The molecule has 1 rings (SSSR count). The first-order valence-corrected chi connectivity index (χ1v) is 5.00. The lowest BCUT2D eigenvalue weighted by atomic mass is 10.2. The summed E-state index contributed by atoms with van der Waals surface area (Å²) in [6.45, 7) is 0. The third-order valence-electron chi connectivity index (χ3n) is 1.37. The molecule has 0 atom stereocenters. The molecule has 2 nitrogen and oxygen atoms in total. The van der Waals surface area contributed by atoms with Crippen LogP contribution in [-0.2, 0) is 5.33 Å². The second-order valence-electron chi connectivity index (χ2n) is 2.08. The normalized spacial score (nSPS) is 9.73. The molecular weight excluding hydrogens is 272 g/mol. The summed E-state index contributed by atoms with van der Waals surface area (Å²) in [5.41, 5.74) is 4.71. The number of hydrogen-bond acceptors (Lipinski definition) is 2. The summed E-state index contributed by atoms with van der Waals surface area (Å²) < 4.78 is 1.06. The maximum Gasteiger partial charge on any atom is 0.0526 e. The molecule has 0 unspecified atom stereocenters. The van der Waals surface area contributed by atoms with Crippen molar-refractivity contribution < 1.29 is 0 Å². The van der Waals surface area contributed by atoms with Crippen LogP contribution < -0.4 is 11.3 Å². The van der Waals surface area contributed by atoms with Crippen LogP contribution in [0, 0.1) is 0 Å². The number of benzene rings is 1. The lowest BCUT2D eigenvalue weighted by Crippen LogP contribution is -2.08. The molecule has 0 fully saturated rings. The Bertz CT molecular complexity index is 250. The summed E-state index contributed by atoms with van der Waals surface area (Å²) in [6.07, 6.45) is 0. The van der Waals surface area contributed by atoms with Gasteiger partial charge in [0.1, 0.15) is 0 Å². The van der Waals surface area contributed by atoms with Crippen molar-refractivity contribution in [2.75, 3.05) is 5.43 Å². The Morgan fingerprint density at radius 1 is 1.45 bits per heavy atom. The molecule has 11 heavy (non-hydrogen) atoms. The molecule has 0 amide bonds. The number of hydrogen-bond donors (Lipinski definition) is 2. The van der Waals surface area contributed by atoms with Crippen LogP contribution in [0.15, 0.2) is 22.7 Å². The van der Waals surface area contributed by atoms with Crippen molar-refractivity contribution in [3.05, 3.63) is 28.2 Å². The molecular formula is C7H8Br2N2. The van der Waals surface area contributed by atoms with E-state index in [0.717, 1.165) is 21.1 Å². The molecule has 0 aliphatic carbocycles. The van der Waals surface area contributed by atoms with E-state index in [4.69, 9.17) is 5.84 Å².